The number of thiophene rings is 1. The van der Waals surface area contributed by atoms with Crippen molar-refractivity contribution in [3.8, 4) is 11.8 Å². The minimum atomic E-state index is -4.88. The first kappa shape index (κ1) is 27.0. The first-order valence-corrected chi connectivity index (χ1v) is 12.6. The molecule has 178 valence electrons. The molecule has 1 aromatic heterocycles. The molecule has 2 rings (SSSR count). The lowest BCUT2D eigenvalue weighted by Gasteiger charge is -2.25. The predicted molar refractivity (Wildman–Crippen MR) is 114 cm³/mol. The number of alkyl halides is 5. The quantitative estimate of drug-likeness (QED) is 0.159. The Morgan fingerprint density at radius 2 is 1.78 bits per heavy atom. The van der Waals surface area contributed by atoms with Crippen molar-refractivity contribution in [3.63, 3.8) is 0 Å². The normalized spacial score (nSPS) is 12.8. The summed E-state index contributed by atoms with van der Waals surface area (Å²) >= 11 is 3.69. The molecule has 0 spiro atoms. The van der Waals surface area contributed by atoms with Crippen LogP contribution in [0.2, 0.25) is 0 Å². The molecule has 0 unspecified atom stereocenters. The van der Waals surface area contributed by atoms with Gasteiger partial charge in [-0.3, -0.25) is 4.57 Å². The average molecular weight is 564 g/mol. The van der Waals surface area contributed by atoms with Gasteiger partial charge in [-0.25, -0.2) is 0 Å². The van der Waals surface area contributed by atoms with E-state index in [1.807, 2.05) is 6.07 Å². The van der Waals surface area contributed by atoms with E-state index in [1.165, 1.54) is 26.0 Å². The van der Waals surface area contributed by atoms with Gasteiger partial charge in [0.25, 0.3) is 0 Å². The molecule has 32 heavy (non-hydrogen) atoms. The Hall–Kier alpha value is -1.25. The van der Waals surface area contributed by atoms with E-state index < -0.39 is 30.7 Å². The fraction of sp³-hybridized carbons (Fsp3) is 0.526. The summed E-state index contributed by atoms with van der Waals surface area (Å²) < 4.78 is 96.0. The molecule has 0 aliphatic carbocycles. The molecular formula is C19H20BrF5NO4PS. The molecule has 1 aromatic carbocycles. The van der Waals surface area contributed by atoms with Gasteiger partial charge in [0.2, 0.25) is 0 Å². The molecule has 5 nitrogen and oxygen atoms in total. The summed E-state index contributed by atoms with van der Waals surface area (Å²) in [7, 11) is -4.88. The van der Waals surface area contributed by atoms with Crippen molar-refractivity contribution in [2.24, 2.45) is 0 Å². The van der Waals surface area contributed by atoms with Gasteiger partial charge >= 0.3 is 19.4 Å². The van der Waals surface area contributed by atoms with E-state index in [2.05, 4.69) is 15.9 Å². The van der Waals surface area contributed by atoms with Crippen molar-refractivity contribution in [1.29, 1.82) is 5.26 Å². The number of nitrogens with zero attached hydrogens (tertiary/aromatic N) is 1. The maximum Gasteiger partial charge on any atom is 0.405 e. The topological polar surface area (TPSA) is 68.6 Å². The third-order valence-electron chi connectivity index (χ3n) is 4.12. The van der Waals surface area contributed by atoms with Gasteiger partial charge < -0.3 is 13.8 Å². The minimum Gasteiger partial charge on any atom is -0.492 e. The van der Waals surface area contributed by atoms with Gasteiger partial charge in [0.15, 0.2) is 0 Å². The lowest BCUT2D eigenvalue weighted by atomic mass is 10.1. The van der Waals surface area contributed by atoms with Crippen molar-refractivity contribution in [2.75, 3.05) is 19.8 Å². The first-order valence-electron chi connectivity index (χ1n) is 9.49. The maximum atomic E-state index is 15.3. The van der Waals surface area contributed by atoms with Crippen LogP contribution < -0.4 is 4.74 Å². The van der Waals surface area contributed by atoms with Crippen molar-refractivity contribution in [1.82, 2.24) is 0 Å². The van der Waals surface area contributed by atoms with Crippen LogP contribution in [0.4, 0.5) is 22.0 Å². The summed E-state index contributed by atoms with van der Waals surface area (Å²) in [6, 6.07) is 4.85. The summed E-state index contributed by atoms with van der Waals surface area (Å²) in [5.74, 6) is 0.0605. The van der Waals surface area contributed by atoms with Crippen molar-refractivity contribution < 1.29 is 40.3 Å². The van der Waals surface area contributed by atoms with E-state index in [9.17, 15) is 17.7 Å². The molecule has 0 aliphatic rings. The molecule has 0 fully saturated rings. The Morgan fingerprint density at radius 1 is 1.16 bits per heavy atom. The van der Waals surface area contributed by atoms with Crippen LogP contribution >= 0.6 is 34.9 Å². The Morgan fingerprint density at radius 3 is 2.31 bits per heavy atom. The van der Waals surface area contributed by atoms with Gasteiger partial charge in [0, 0.05) is 16.3 Å². The molecule has 1 heterocycles. The molecule has 0 saturated heterocycles. The predicted octanol–water partition coefficient (Wildman–Crippen LogP) is 7.77. The summed E-state index contributed by atoms with van der Waals surface area (Å²) in [6.45, 7) is 1.97. The van der Waals surface area contributed by atoms with Crippen LogP contribution in [0.1, 0.15) is 37.1 Å². The molecule has 0 aliphatic heterocycles. The van der Waals surface area contributed by atoms with Crippen molar-refractivity contribution >= 4 is 44.9 Å². The zero-order valence-corrected chi connectivity index (χ0v) is 20.4. The van der Waals surface area contributed by atoms with Gasteiger partial charge in [0.1, 0.15) is 10.6 Å². The molecule has 0 radical (unpaired) electrons. The summed E-state index contributed by atoms with van der Waals surface area (Å²) in [4.78, 5) is -0.632. The molecule has 0 saturated carbocycles. The van der Waals surface area contributed by atoms with Crippen LogP contribution in [0.5, 0.6) is 5.75 Å². The lowest BCUT2D eigenvalue weighted by Crippen LogP contribution is -2.17. The van der Waals surface area contributed by atoms with Crippen LogP contribution in [0.25, 0.3) is 10.1 Å². The fourth-order valence-electron chi connectivity index (χ4n) is 2.81. The van der Waals surface area contributed by atoms with Crippen LogP contribution in [-0.4, -0.2) is 26.0 Å². The van der Waals surface area contributed by atoms with Crippen LogP contribution in [-0.2, 0) is 25.7 Å². The van der Waals surface area contributed by atoms with Crippen LogP contribution in [0.15, 0.2) is 16.6 Å². The Labute approximate surface area is 194 Å². The van der Waals surface area contributed by atoms with Crippen molar-refractivity contribution in [3.05, 3.63) is 27.0 Å². The zero-order chi connectivity index (χ0) is 24.2. The molecule has 0 amide bonds. The number of hydrogen-bond acceptors (Lipinski definition) is 6. The highest BCUT2D eigenvalue weighted by Gasteiger charge is 2.57. The number of nitriles is 1. The number of benzene rings is 1. The molecular weight excluding hydrogens is 544 g/mol. The highest BCUT2D eigenvalue weighted by atomic mass is 79.9. The smallest absolute Gasteiger partial charge is 0.405 e. The van der Waals surface area contributed by atoms with E-state index in [0.717, 1.165) is 0 Å². The summed E-state index contributed by atoms with van der Waals surface area (Å²) in [5, 5.41) is 9.25. The third kappa shape index (κ3) is 6.00. The number of hydrogen-bond donors (Lipinski definition) is 0. The highest BCUT2D eigenvalue weighted by Crippen LogP contribution is 2.69. The molecule has 2 aromatic rings. The van der Waals surface area contributed by atoms with E-state index in [-0.39, 0.29) is 53.0 Å². The number of rotatable bonds is 11. The largest absolute Gasteiger partial charge is 0.492 e. The summed E-state index contributed by atoms with van der Waals surface area (Å²) in [5.41, 5.74) is -3.58. The molecule has 0 N–H and O–H groups in total. The minimum absolute atomic E-state index is 0.0605. The van der Waals surface area contributed by atoms with Gasteiger partial charge in [-0.2, -0.15) is 27.2 Å². The van der Waals surface area contributed by atoms with Crippen molar-refractivity contribution in [2.45, 2.75) is 44.9 Å². The Bertz CT molecular complexity index is 1030. The SMILES string of the molecule is CCOP(=O)(OCC)C(F)(F)c1sc2c(OCCCC(F)(F)F)cc(CC#N)cc2c1Br. The van der Waals surface area contributed by atoms with Gasteiger partial charge in [-0.1, -0.05) is 0 Å². The summed E-state index contributed by atoms with van der Waals surface area (Å²) in [6.07, 6.45) is -5.80. The maximum absolute atomic E-state index is 15.3. The van der Waals surface area contributed by atoms with Crippen LogP contribution in [0, 0.1) is 11.3 Å². The molecule has 13 heteroatoms. The van der Waals surface area contributed by atoms with E-state index in [4.69, 9.17) is 19.0 Å². The lowest BCUT2D eigenvalue weighted by molar-refractivity contribution is -0.136. The molecule has 0 bridgehead atoms. The monoisotopic (exact) mass is 563 g/mol. The number of halogens is 6. The van der Waals surface area contributed by atoms with Gasteiger partial charge in [-0.05, 0) is 53.9 Å². The first-order chi connectivity index (χ1) is 14.9. The molecule has 0 atom stereocenters. The Balaban J connectivity index is 2.54. The highest BCUT2D eigenvalue weighted by molar-refractivity contribution is 9.10. The zero-order valence-electron chi connectivity index (χ0n) is 17.1. The second-order valence-corrected chi connectivity index (χ2v) is 10.4. The van der Waals surface area contributed by atoms with E-state index >= 15 is 8.78 Å². The third-order valence-corrected chi connectivity index (χ3v) is 8.75. The average Bonchev–Trinajstić information content (AvgIpc) is 3.02. The standard InChI is InChI=1S/C19H20BrF5NO4PS/c1-3-29-31(27,30-4-2)19(24,25)17-15(20)13-10-12(6-8-26)11-14(16(13)32-17)28-9-5-7-18(21,22)23/h10-11H,3-7,9H2,1-2H3. The van der Waals surface area contributed by atoms with Gasteiger partial charge in [0.05, 0.1) is 37.0 Å². The number of fused-ring (bicyclic) bond motifs is 1. The second kappa shape index (κ2) is 10.8. The van der Waals surface area contributed by atoms with E-state index in [1.54, 1.807) is 0 Å². The fourth-order valence-corrected chi connectivity index (χ4v) is 6.83. The van der Waals surface area contributed by atoms with Gasteiger partial charge in [-0.15, -0.1) is 11.3 Å². The number of ether oxygens (including phenoxy) is 1. The Kier molecular flexibility index (Phi) is 9.10. The van der Waals surface area contributed by atoms with E-state index in [0.29, 0.717) is 16.9 Å². The second-order valence-electron chi connectivity index (χ2n) is 6.49. The van der Waals surface area contributed by atoms with Crippen LogP contribution in [0.3, 0.4) is 0 Å².